The summed E-state index contributed by atoms with van der Waals surface area (Å²) in [4.78, 5) is 11.3. The average Bonchev–Trinajstić information content (AvgIpc) is 2.15. The normalized spacial score (nSPS) is 39.8. The highest BCUT2D eigenvalue weighted by atomic mass is 16.1. The van der Waals surface area contributed by atoms with Gasteiger partial charge in [-0.2, -0.15) is 0 Å². The van der Waals surface area contributed by atoms with Crippen LogP contribution in [-0.2, 0) is 4.79 Å². The van der Waals surface area contributed by atoms with E-state index < -0.39 is 0 Å². The highest BCUT2D eigenvalue weighted by Gasteiger charge is 2.53. The number of amides is 1. The van der Waals surface area contributed by atoms with Gasteiger partial charge in [0, 0.05) is 0 Å². The Morgan fingerprint density at radius 1 is 1.42 bits per heavy atom. The van der Waals surface area contributed by atoms with Crippen molar-refractivity contribution in [3.8, 4) is 0 Å². The Labute approximate surface area is 74.5 Å². The molecule has 2 nitrogen and oxygen atoms in total. The first-order chi connectivity index (χ1) is 5.32. The Morgan fingerprint density at radius 3 is 2.08 bits per heavy atom. The first kappa shape index (κ1) is 9.56. The SMILES string of the molecule is CC1CCC(C)(C(N)=O)C1(C)C. The topological polar surface area (TPSA) is 43.1 Å². The van der Waals surface area contributed by atoms with E-state index in [4.69, 9.17) is 5.73 Å². The third-order valence-electron chi connectivity index (χ3n) is 4.28. The van der Waals surface area contributed by atoms with Crippen molar-refractivity contribution in [2.24, 2.45) is 22.5 Å². The standard InChI is InChI=1S/C10H19NO/c1-7-5-6-10(4,8(11)12)9(7,2)3/h7H,5-6H2,1-4H3,(H2,11,12). The molecule has 1 aliphatic rings. The first-order valence-electron chi connectivity index (χ1n) is 4.62. The monoisotopic (exact) mass is 169 g/mol. The highest BCUT2D eigenvalue weighted by molar-refractivity contribution is 5.81. The third-order valence-corrected chi connectivity index (χ3v) is 4.28. The van der Waals surface area contributed by atoms with Crippen LogP contribution in [0.5, 0.6) is 0 Å². The van der Waals surface area contributed by atoms with E-state index in [9.17, 15) is 4.79 Å². The van der Waals surface area contributed by atoms with Crippen molar-refractivity contribution < 1.29 is 4.79 Å². The van der Waals surface area contributed by atoms with Crippen molar-refractivity contribution in [2.45, 2.75) is 40.5 Å². The third kappa shape index (κ3) is 0.970. The van der Waals surface area contributed by atoms with Gasteiger partial charge in [0.05, 0.1) is 5.41 Å². The summed E-state index contributed by atoms with van der Waals surface area (Å²) in [5.74, 6) is 0.451. The molecular formula is C10H19NO. The number of carbonyl (C=O) groups excluding carboxylic acids is 1. The Hall–Kier alpha value is -0.530. The van der Waals surface area contributed by atoms with Crippen molar-refractivity contribution >= 4 is 5.91 Å². The zero-order valence-electron chi connectivity index (χ0n) is 8.48. The minimum Gasteiger partial charge on any atom is -0.369 e. The molecule has 2 atom stereocenters. The molecule has 1 aliphatic carbocycles. The smallest absolute Gasteiger partial charge is 0.223 e. The molecule has 12 heavy (non-hydrogen) atoms. The van der Waals surface area contributed by atoms with Gasteiger partial charge in [-0.3, -0.25) is 4.79 Å². The zero-order valence-corrected chi connectivity index (χ0v) is 8.48. The van der Waals surface area contributed by atoms with Gasteiger partial charge in [0.1, 0.15) is 0 Å². The lowest BCUT2D eigenvalue weighted by atomic mass is 9.66. The predicted molar refractivity (Wildman–Crippen MR) is 49.5 cm³/mol. The summed E-state index contributed by atoms with van der Waals surface area (Å²) in [6, 6.07) is 0. The van der Waals surface area contributed by atoms with Crippen LogP contribution in [0.1, 0.15) is 40.5 Å². The van der Waals surface area contributed by atoms with Crippen LogP contribution in [0.25, 0.3) is 0 Å². The molecule has 70 valence electrons. The van der Waals surface area contributed by atoms with Crippen molar-refractivity contribution in [1.82, 2.24) is 0 Å². The summed E-state index contributed by atoms with van der Waals surface area (Å²) in [6.07, 6.45) is 2.06. The van der Waals surface area contributed by atoms with Gasteiger partial charge in [0.25, 0.3) is 0 Å². The van der Waals surface area contributed by atoms with Gasteiger partial charge < -0.3 is 5.73 Å². The Bertz CT molecular complexity index is 210. The van der Waals surface area contributed by atoms with E-state index in [1.165, 1.54) is 0 Å². The Kier molecular flexibility index (Phi) is 1.97. The molecule has 2 heteroatoms. The molecule has 0 bridgehead atoms. The quantitative estimate of drug-likeness (QED) is 0.640. The van der Waals surface area contributed by atoms with E-state index in [-0.39, 0.29) is 16.7 Å². The van der Waals surface area contributed by atoms with Crippen molar-refractivity contribution in [3.63, 3.8) is 0 Å². The molecule has 0 saturated heterocycles. The summed E-state index contributed by atoms with van der Waals surface area (Å²) >= 11 is 0. The fraction of sp³-hybridized carbons (Fsp3) is 0.900. The molecule has 0 spiro atoms. The number of primary amides is 1. The lowest BCUT2D eigenvalue weighted by Crippen LogP contribution is -2.44. The zero-order chi connectivity index (χ0) is 9.57. The molecule has 0 radical (unpaired) electrons. The molecule has 0 heterocycles. The van der Waals surface area contributed by atoms with E-state index in [0.717, 1.165) is 12.8 Å². The number of hydrogen-bond donors (Lipinski definition) is 1. The number of rotatable bonds is 1. The summed E-state index contributed by atoms with van der Waals surface area (Å²) in [5.41, 5.74) is 5.19. The van der Waals surface area contributed by atoms with Crippen molar-refractivity contribution in [3.05, 3.63) is 0 Å². The summed E-state index contributed by atoms with van der Waals surface area (Å²) in [7, 11) is 0. The van der Waals surface area contributed by atoms with E-state index in [1.807, 2.05) is 6.92 Å². The molecule has 1 fully saturated rings. The van der Waals surface area contributed by atoms with Crippen LogP contribution in [-0.4, -0.2) is 5.91 Å². The van der Waals surface area contributed by atoms with Crippen molar-refractivity contribution in [2.75, 3.05) is 0 Å². The largest absolute Gasteiger partial charge is 0.369 e. The van der Waals surface area contributed by atoms with Gasteiger partial charge in [-0.05, 0) is 24.2 Å². The summed E-state index contributed by atoms with van der Waals surface area (Å²) in [5, 5.41) is 0. The summed E-state index contributed by atoms with van der Waals surface area (Å²) < 4.78 is 0. The molecule has 0 aromatic heterocycles. The fourth-order valence-corrected chi connectivity index (χ4v) is 2.17. The van der Waals surface area contributed by atoms with Gasteiger partial charge in [0.2, 0.25) is 5.91 Å². The maximum absolute atomic E-state index is 11.3. The second-order valence-electron chi connectivity index (χ2n) is 4.86. The second-order valence-corrected chi connectivity index (χ2v) is 4.86. The maximum atomic E-state index is 11.3. The molecule has 1 saturated carbocycles. The molecule has 2 N–H and O–H groups in total. The van der Waals surface area contributed by atoms with Crippen LogP contribution >= 0.6 is 0 Å². The van der Waals surface area contributed by atoms with E-state index in [0.29, 0.717) is 5.92 Å². The number of nitrogens with two attached hydrogens (primary N) is 1. The Balaban J connectivity index is 3.01. The molecule has 0 aromatic carbocycles. The van der Waals surface area contributed by atoms with Crippen LogP contribution in [0.4, 0.5) is 0 Å². The fourth-order valence-electron chi connectivity index (χ4n) is 2.17. The van der Waals surface area contributed by atoms with Crippen LogP contribution in [0.3, 0.4) is 0 Å². The molecule has 0 aliphatic heterocycles. The predicted octanol–water partition coefficient (Wildman–Crippen LogP) is 1.93. The molecule has 2 unspecified atom stereocenters. The number of carbonyl (C=O) groups is 1. The van der Waals surface area contributed by atoms with Crippen molar-refractivity contribution in [1.29, 1.82) is 0 Å². The van der Waals surface area contributed by atoms with Gasteiger partial charge >= 0.3 is 0 Å². The van der Waals surface area contributed by atoms with Crippen LogP contribution in [0.15, 0.2) is 0 Å². The minimum absolute atomic E-state index is 0.0544. The van der Waals surface area contributed by atoms with Crippen LogP contribution in [0, 0.1) is 16.7 Å². The second kappa shape index (κ2) is 2.48. The van der Waals surface area contributed by atoms with Crippen LogP contribution < -0.4 is 5.73 Å². The molecule has 1 amide bonds. The molecule has 0 aromatic rings. The van der Waals surface area contributed by atoms with Gasteiger partial charge in [-0.1, -0.05) is 27.7 Å². The highest BCUT2D eigenvalue weighted by Crippen LogP contribution is 2.55. The van der Waals surface area contributed by atoms with Gasteiger partial charge in [-0.15, -0.1) is 0 Å². The van der Waals surface area contributed by atoms with Gasteiger partial charge in [-0.25, -0.2) is 0 Å². The average molecular weight is 169 g/mol. The lowest BCUT2D eigenvalue weighted by Gasteiger charge is -2.38. The molecule has 1 rings (SSSR count). The van der Waals surface area contributed by atoms with Gasteiger partial charge in [0.15, 0.2) is 0 Å². The number of hydrogen-bond acceptors (Lipinski definition) is 1. The van der Waals surface area contributed by atoms with Crippen LogP contribution in [0.2, 0.25) is 0 Å². The summed E-state index contributed by atoms with van der Waals surface area (Å²) in [6.45, 7) is 8.50. The lowest BCUT2D eigenvalue weighted by molar-refractivity contribution is -0.132. The van der Waals surface area contributed by atoms with E-state index in [2.05, 4.69) is 20.8 Å². The first-order valence-corrected chi connectivity index (χ1v) is 4.62. The van der Waals surface area contributed by atoms with E-state index in [1.54, 1.807) is 0 Å². The Morgan fingerprint density at radius 2 is 1.92 bits per heavy atom. The van der Waals surface area contributed by atoms with E-state index >= 15 is 0 Å². The molecular weight excluding hydrogens is 150 g/mol. The minimum atomic E-state index is -0.299. The maximum Gasteiger partial charge on any atom is 0.223 e.